The predicted molar refractivity (Wildman–Crippen MR) is 70.2 cm³/mol. The molecule has 3 heteroatoms. The van der Waals surface area contributed by atoms with Gasteiger partial charge < -0.3 is 10.2 Å². The SMILES string of the molecule is CCCCCCCCCCCC(O)=CC(=O)O. The summed E-state index contributed by atoms with van der Waals surface area (Å²) >= 11 is 0. The number of carbonyl (C=O) groups is 1. The first-order valence-corrected chi connectivity index (χ1v) is 6.79. The third-order valence-corrected chi connectivity index (χ3v) is 2.83. The second-order valence-electron chi connectivity index (χ2n) is 4.55. The van der Waals surface area contributed by atoms with Gasteiger partial charge in [0.15, 0.2) is 0 Å². The summed E-state index contributed by atoms with van der Waals surface area (Å²) in [6, 6.07) is 0. The van der Waals surface area contributed by atoms with Gasteiger partial charge in [0.2, 0.25) is 0 Å². The molecule has 0 unspecified atom stereocenters. The Bertz CT molecular complexity index is 222. The van der Waals surface area contributed by atoms with Crippen LogP contribution < -0.4 is 0 Å². The van der Waals surface area contributed by atoms with E-state index >= 15 is 0 Å². The summed E-state index contributed by atoms with van der Waals surface area (Å²) in [6.07, 6.45) is 12.4. The maximum atomic E-state index is 10.2. The third kappa shape index (κ3) is 12.9. The molecule has 0 aromatic heterocycles. The Kier molecular flexibility index (Phi) is 10.8. The van der Waals surface area contributed by atoms with Crippen molar-refractivity contribution >= 4 is 5.97 Å². The highest BCUT2D eigenvalue weighted by atomic mass is 16.4. The molecule has 0 aromatic carbocycles. The Morgan fingerprint density at radius 1 is 0.882 bits per heavy atom. The number of aliphatic carboxylic acids is 1. The van der Waals surface area contributed by atoms with Crippen molar-refractivity contribution in [1.82, 2.24) is 0 Å². The van der Waals surface area contributed by atoms with Gasteiger partial charge in [0, 0.05) is 6.42 Å². The molecule has 2 N–H and O–H groups in total. The van der Waals surface area contributed by atoms with E-state index in [0.29, 0.717) is 6.42 Å². The van der Waals surface area contributed by atoms with E-state index in [4.69, 9.17) is 5.11 Å². The Morgan fingerprint density at radius 3 is 1.82 bits per heavy atom. The lowest BCUT2D eigenvalue weighted by molar-refractivity contribution is -0.131. The summed E-state index contributed by atoms with van der Waals surface area (Å²) in [6.45, 7) is 2.22. The molecule has 0 aliphatic rings. The number of aliphatic hydroxyl groups excluding tert-OH is 1. The molecule has 0 radical (unpaired) electrons. The molecule has 0 amide bonds. The molecule has 3 nitrogen and oxygen atoms in total. The zero-order valence-electron chi connectivity index (χ0n) is 11.0. The van der Waals surface area contributed by atoms with Crippen molar-refractivity contribution in [3.63, 3.8) is 0 Å². The molecule has 100 valence electrons. The molecule has 0 aliphatic carbocycles. The van der Waals surface area contributed by atoms with Gasteiger partial charge in [-0.1, -0.05) is 58.3 Å². The van der Waals surface area contributed by atoms with Crippen LogP contribution in [-0.2, 0) is 4.79 Å². The third-order valence-electron chi connectivity index (χ3n) is 2.83. The Hall–Kier alpha value is -0.990. The van der Waals surface area contributed by atoms with Gasteiger partial charge in [0.05, 0.1) is 11.8 Å². The zero-order chi connectivity index (χ0) is 12.9. The van der Waals surface area contributed by atoms with Crippen LogP contribution in [0.15, 0.2) is 11.8 Å². The van der Waals surface area contributed by atoms with Crippen LogP contribution in [0.1, 0.15) is 71.1 Å². The lowest BCUT2D eigenvalue weighted by atomic mass is 10.1. The van der Waals surface area contributed by atoms with Gasteiger partial charge in [-0.15, -0.1) is 0 Å². The average Bonchev–Trinajstić information content (AvgIpc) is 2.26. The molecule has 0 aliphatic heterocycles. The number of unbranched alkanes of at least 4 members (excludes halogenated alkanes) is 8. The minimum Gasteiger partial charge on any atom is -0.512 e. The smallest absolute Gasteiger partial charge is 0.331 e. The Labute approximate surface area is 105 Å². The molecule has 0 heterocycles. The Balaban J connectivity index is 3.21. The van der Waals surface area contributed by atoms with Crippen molar-refractivity contribution in [2.24, 2.45) is 0 Å². The minimum atomic E-state index is -1.07. The highest BCUT2D eigenvalue weighted by molar-refractivity contribution is 5.80. The van der Waals surface area contributed by atoms with Crippen LogP contribution in [0.4, 0.5) is 0 Å². The monoisotopic (exact) mass is 242 g/mol. The summed E-state index contributed by atoms with van der Waals surface area (Å²) in [5, 5.41) is 17.6. The molecular formula is C14H26O3. The number of carboxylic acids is 1. The second-order valence-corrected chi connectivity index (χ2v) is 4.55. The first-order chi connectivity index (χ1) is 8.16. The van der Waals surface area contributed by atoms with Crippen molar-refractivity contribution in [2.75, 3.05) is 0 Å². The van der Waals surface area contributed by atoms with Gasteiger partial charge in [-0.05, 0) is 6.42 Å². The average molecular weight is 242 g/mol. The standard InChI is InChI=1S/C14H26O3/c1-2-3-4-5-6-7-8-9-10-11-13(15)12-14(16)17/h12,15H,2-11H2,1H3,(H,16,17). The molecule has 0 aromatic rings. The summed E-state index contributed by atoms with van der Waals surface area (Å²) < 4.78 is 0. The van der Waals surface area contributed by atoms with Crippen LogP contribution in [0.5, 0.6) is 0 Å². The van der Waals surface area contributed by atoms with Gasteiger partial charge in [-0.2, -0.15) is 0 Å². The minimum absolute atomic E-state index is 0.0135. The lowest BCUT2D eigenvalue weighted by Crippen LogP contribution is -1.92. The fourth-order valence-electron chi connectivity index (χ4n) is 1.83. The normalized spacial score (nSPS) is 11.7. The van der Waals surface area contributed by atoms with Crippen molar-refractivity contribution in [1.29, 1.82) is 0 Å². The molecule has 0 saturated carbocycles. The fourth-order valence-corrected chi connectivity index (χ4v) is 1.83. The van der Waals surface area contributed by atoms with Crippen LogP contribution in [-0.4, -0.2) is 16.2 Å². The van der Waals surface area contributed by atoms with Crippen molar-refractivity contribution in [3.8, 4) is 0 Å². The number of rotatable bonds is 11. The van der Waals surface area contributed by atoms with E-state index in [-0.39, 0.29) is 5.76 Å². The van der Waals surface area contributed by atoms with Gasteiger partial charge in [0.1, 0.15) is 0 Å². The van der Waals surface area contributed by atoms with Crippen molar-refractivity contribution in [2.45, 2.75) is 71.1 Å². The molecular weight excluding hydrogens is 216 g/mol. The van der Waals surface area contributed by atoms with E-state index in [0.717, 1.165) is 18.9 Å². The van der Waals surface area contributed by atoms with E-state index in [1.165, 1.54) is 44.9 Å². The molecule has 0 spiro atoms. The number of carboxylic acid groups (broad SMARTS) is 1. The lowest BCUT2D eigenvalue weighted by Gasteiger charge is -2.01. The maximum Gasteiger partial charge on any atom is 0.331 e. The van der Waals surface area contributed by atoms with Gasteiger partial charge >= 0.3 is 5.97 Å². The molecule has 0 saturated heterocycles. The van der Waals surface area contributed by atoms with E-state index < -0.39 is 5.97 Å². The predicted octanol–water partition coefficient (Wildman–Crippen LogP) is 4.43. The van der Waals surface area contributed by atoms with Gasteiger partial charge in [-0.25, -0.2) is 4.79 Å². The maximum absolute atomic E-state index is 10.2. The van der Waals surface area contributed by atoms with Gasteiger partial charge in [-0.3, -0.25) is 0 Å². The van der Waals surface area contributed by atoms with E-state index in [1.807, 2.05) is 0 Å². The summed E-state index contributed by atoms with van der Waals surface area (Å²) in [5.74, 6) is -1.08. The first-order valence-electron chi connectivity index (χ1n) is 6.79. The van der Waals surface area contributed by atoms with Crippen LogP contribution in [0.3, 0.4) is 0 Å². The van der Waals surface area contributed by atoms with Crippen molar-refractivity contribution < 1.29 is 15.0 Å². The highest BCUT2D eigenvalue weighted by Gasteiger charge is 1.98. The van der Waals surface area contributed by atoms with Crippen LogP contribution >= 0.6 is 0 Å². The molecule has 0 fully saturated rings. The number of hydrogen-bond acceptors (Lipinski definition) is 2. The largest absolute Gasteiger partial charge is 0.512 e. The van der Waals surface area contributed by atoms with E-state index in [9.17, 15) is 9.90 Å². The second kappa shape index (κ2) is 11.5. The highest BCUT2D eigenvalue weighted by Crippen LogP contribution is 2.12. The molecule has 0 rings (SSSR count). The topological polar surface area (TPSA) is 57.5 Å². The summed E-state index contributed by atoms with van der Waals surface area (Å²) in [5.41, 5.74) is 0. The molecule has 17 heavy (non-hydrogen) atoms. The zero-order valence-corrected chi connectivity index (χ0v) is 11.0. The number of aliphatic hydroxyl groups is 1. The number of hydrogen-bond donors (Lipinski definition) is 2. The summed E-state index contributed by atoms with van der Waals surface area (Å²) in [4.78, 5) is 10.2. The fraction of sp³-hybridized carbons (Fsp3) is 0.786. The quantitative estimate of drug-likeness (QED) is 0.320. The van der Waals surface area contributed by atoms with Crippen LogP contribution in [0, 0.1) is 0 Å². The Morgan fingerprint density at radius 2 is 1.35 bits per heavy atom. The number of allylic oxidation sites excluding steroid dienone is 1. The van der Waals surface area contributed by atoms with Crippen LogP contribution in [0.2, 0.25) is 0 Å². The van der Waals surface area contributed by atoms with Crippen molar-refractivity contribution in [3.05, 3.63) is 11.8 Å². The van der Waals surface area contributed by atoms with Crippen LogP contribution in [0.25, 0.3) is 0 Å². The first kappa shape index (κ1) is 16.0. The van der Waals surface area contributed by atoms with Gasteiger partial charge in [0.25, 0.3) is 0 Å². The summed E-state index contributed by atoms with van der Waals surface area (Å²) in [7, 11) is 0. The molecule has 0 bridgehead atoms. The molecule has 0 atom stereocenters. The van der Waals surface area contributed by atoms with E-state index in [1.54, 1.807) is 0 Å². The van der Waals surface area contributed by atoms with E-state index in [2.05, 4.69) is 6.92 Å².